The number of β-amino-alcohol motifs (C(OH)–C–C–N with tert-alkyl or cyclic N) is 1. The number of likely N-dealkylation sites (tertiary alicyclic amines) is 1. The summed E-state index contributed by atoms with van der Waals surface area (Å²) in [5.74, 6) is 1.29. The summed E-state index contributed by atoms with van der Waals surface area (Å²) in [6.07, 6.45) is 9.39. The van der Waals surface area contributed by atoms with Crippen molar-refractivity contribution in [2.45, 2.75) is 71.0 Å². The molecule has 0 aromatic heterocycles. The monoisotopic (exact) mass is 537 g/mol. The first-order valence-electron chi connectivity index (χ1n) is 13.8. The molecule has 2 atom stereocenters. The highest BCUT2D eigenvalue weighted by molar-refractivity contribution is 8.04. The summed E-state index contributed by atoms with van der Waals surface area (Å²) in [4.78, 5) is 28.0. The fraction of sp³-hybridized carbons (Fsp3) is 0.548. The molecule has 1 saturated heterocycles. The van der Waals surface area contributed by atoms with Gasteiger partial charge in [-0.2, -0.15) is 0 Å². The highest BCUT2D eigenvalue weighted by Crippen LogP contribution is 2.47. The van der Waals surface area contributed by atoms with Gasteiger partial charge in [0.05, 0.1) is 5.76 Å². The molecule has 7 heteroatoms. The van der Waals surface area contributed by atoms with Gasteiger partial charge in [-0.05, 0) is 43.7 Å². The fourth-order valence-electron chi connectivity index (χ4n) is 5.78. The maximum atomic E-state index is 12.7. The van der Waals surface area contributed by atoms with E-state index in [4.69, 9.17) is 9.47 Å². The Hall–Kier alpha value is -2.35. The van der Waals surface area contributed by atoms with Crippen LogP contribution in [0.25, 0.3) is 5.76 Å². The van der Waals surface area contributed by atoms with Crippen LogP contribution in [-0.2, 0) is 14.3 Å². The van der Waals surface area contributed by atoms with Crippen molar-refractivity contribution in [2.75, 3.05) is 32.0 Å². The lowest BCUT2D eigenvalue weighted by atomic mass is 9.84. The normalized spacial score (nSPS) is 25.5. The molecule has 2 aliphatic carbocycles. The number of allylic oxidation sites excluding steroid dienone is 5. The fourth-order valence-corrected chi connectivity index (χ4v) is 7.04. The maximum Gasteiger partial charge on any atom is 0.243 e. The Bertz CT molecular complexity index is 1190. The number of aliphatic hydroxyl groups is 1. The third kappa shape index (κ3) is 5.80. The third-order valence-corrected chi connectivity index (χ3v) is 9.39. The minimum atomic E-state index is -0.566. The van der Waals surface area contributed by atoms with Crippen molar-refractivity contribution in [3.63, 3.8) is 0 Å². The number of aliphatic hydroxyl groups excluding tert-OH is 1. The van der Waals surface area contributed by atoms with Gasteiger partial charge in [0.25, 0.3) is 0 Å². The number of ether oxygens (including phenoxy) is 2. The average Bonchev–Trinajstić information content (AvgIpc) is 3.25. The van der Waals surface area contributed by atoms with Crippen molar-refractivity contribution in [3.8, 4) is 0 Å². The van der Waals surface area contributed by atoms with E-state index < -0.39 is 17.7 Å². The Morgan fingerprint density at radius 3 is 2.63 bits per heavy atom. The average molecular weight is 538 g/mol. The molecule has 204 valence electrons. The van der Waals surface area contributed by atoms with E-state index in [0.717, 1.165) is 62.9 Å². The van der Waals surface area contributed by atoms with Crippen molar-refractivity contribution < 1.29 is 24.2 Å². The molecule has 0 radical (unpaired) electrons. The van der Waals surface area contributed by atoms with E-state index in [1.807, 2.05) is 12.1 Å². The van der Waals surface area contributed by atoms with Gasteiger partial charge in [0.2, 0.25) is 11.6 Å². The van der Waals surface area contributed by atoms with Gasteiger partial charge >= 0.3 is 0 Å². The maximum absolute atomic E-state index is 12.7. The second-order valence-electron chi connectivity index (χ2n) is 12.0. The Kier molecular flexibility index (Phi) is 7.90. The standard InChI is InChI=1S/C31H39NO5S/c1-30(2,3)21-8-6-9-23(13-12-21)36-19-22(33)18-32-16-7-14-31(15-17-32)20-38-29-27(35)26(34)24-10-4-5-11-25(24)28(29)37-31/h4-5,10-13,22,33H,6-9,14-20H2,1-3H3. The van der Waals surface area contributed by atoms with Crippen molar-refractivity contribution in [1.82, 2.24) is 4.90 Å². The van der Waals surface area contributed by atoms with Crippen LogP contribution in [-0.4, -0.2) is 65.3 Å². The molecule has 1 spiro atoms. The molecule has 6 nitrogen and oxygen atoms in total. The Morgan fingerprint density at radius 2 is 1.84 bits per heavy atom. The predicted octanol–water partition coefficient (Wildman–Crippen LogP) is 5.53. The number of thioether (sulfide) groups is 1. The zero-order valence-corrected chi connectivity index (χ0v) is 23.6. The van der Waals surface area contributed by atoms with Gasteiger partial charge in [0.15, 0.2) is 0 Å². The lowest BCUT2D eigenvalue weighted by molar-refractivity contribution is -0.111. The van der Waals surface area contributed by atoms with Crippen LogP contribution in [0.3, 0.4) is 0 Å². The van der Waals surface area contributed by atoms with Crippen molar-refractivity contribution in [1.29, 1.82) is 0 Å². The molecule has 2 heterocycles. The number of benzene rings is 1. The van der Waals surface area contributed by atoms with E-state index in [-0.39, 0.29) is 11.0 Å². The molecule has 4 aliphatic rings. The van der Waals surface area contributed by atoms with E-state index >= 15 is 0 Å². The lowest BCUT2D eigenvalue weighted by Crippen LogP contribution is -2.42. The highest BCUT2D eigenvalue weighted by atomic mass is 32.2. The van der Waals surface area contributed by atoms with Crippen LogP contribution >= 0.6 is 11.8 Å². The number of rotatable bonds is 5. The summed E-state index contributed by atoms with van der Waals surface area (Å²) in [6.45, 7) is 9.27. The Morgan fingerprint density at radius 1 is 1.05 bits per heavy atom. The summed E-state index contributed by atoms with van der Waals surface area (Å²) in [5.41, 5.74) is 2.39. The van der Waals surface area contributed by atoms with E-state index in [1.54, 1.807) is 12.1 Å². The van der Waals surface area contributed by atoms with Gasteiger partial charge in [-0.1, -0.05) is 56.7 Å². The number of Topliss-reactive ketones (excluding diaryl/α,β-unsaturated/α-hetero) is 2. The Labute approximate surface area is 230 Å². The van der Waals surface area contributed by atoms with Gasteiger partial charge in [-0.3, -0.25) is 9.59 Å². The molecule has 1 aromatic carbocycles. The number of ketones is 2. The zero-order chi connectivity index (χ0) is 26.9. The molecule has 2 unspecified atom stereocenters. The first-order valence-corrected chi connectivity index (χ1v) is 14.8. The van der Waals surface area contributed by atoms with Crippen molar-refractivity contribution in [2.24, 2.45) is 5.41 Å². The molecule has 0 saturated carbocycles. The van der Waals surface area contributed by atoms with Gasteiger partial charge in [-0.15, -0.1) is 11.8 Å². The van der Waals surface area contributed by atoms with Crippen LogP contribution in [0.15, 0.2) is 52.7 Å². The van der Waals surface area contributed by atoms with Crippen molar-refractivity contribution >= 4 is 29.1 Å². The summed E-state index contributed by atoms with van der Waals surface area (Å²) in [5, 5.41) is 10.8. The summed E-state index contributed by atoms with van der Waals surface area (Å²) in [7, 11) is 0. The second kappa shape index (κ2) is 11.0. The quantitative estimate of drug-likeness (QED) is 0.495. The third-order valence-electron chi connectivity index (χ3n) is 8.06. The number of hydrogen-bond acceptors (Lipinski definition) is 7. The van der Waals surface area contributed by atoms with Crippen LogP contribution in [0.2, 0.25) is 0 Å². The number of carbonyl (C=O) groups is 2. The van der Waals surface area contributed by atoms with Gasteiger partial charge in [-0.25, -0.2) is 0 Å². The second-order valence-corrected chi connectivity index (χ2v) is 13.0. The topological polar surface area (TPSA) is 76.1 Å². The van der Waals surface area contributed by atoms with Crippen LogP contribution in [0.4, 0.5) is 0 Å². The van der Waals surface area contributed by atoms with E-state index in [1.165, 1.54) is 17.3 Å². The van der Waals surface area contributed by atoms with Crippen molar-refractivity contribution in [3.05, 3.63) is 63.8 Å². The zero-order valence-electron chi connectivity index (χ0n) is 22.8. The molecule has 1 aromatic rings. The molecular formula is C31H39NO5S. The summed E-state index contributed by atoms with van der Waals surface area (Å²) in [6, 6.07) is 7.24. The molecule has 0 bridgehead atoms. The molecule has 5 rings (SSSR count). The summed E-state index contributed by atoms with van der Waals surface area (Å²) >= 11 is 1.46. The molecule has 1 N–H and O–H groups in total. The molecule has 2 aliphatic heterocycles. The first-order chi connectivity index (χ1) is 18.2. The van der Waals surface area contributed by atoms with Gasteiger partial charge < -0.3 is 19.5 Å². The number of nitrogens with zero attached hydrogens (tertiary/aromatic N) is 1. The minimum Gasteiger partial charge on any atom is -0.495 e. The summed E-state index contributed by atoms with van der Waals surface area (Å²) < 4.78 is 12.7. The van der Waals surface area contributed by atoms with Crippen LogP contribution in [0.5, 0.6) is 0 Å². The number of hydrogen-bond donors (Lipinski definition) is 1. The van der Waals surface area contributed by atoms with E-state index in [9.17, 15) is 14.7 Å². The van der Waals surface area contributed by atoms with Gasteiger partial charge in [0, 0.05) is 42.8 Å². The first kappa shape index (κ1) is 27.2. The lowest BCUT2D eigenvalue weighted by Gasteiger charge is -2.40. The molecule has 0 amide bonds. The van der Waals surface area contributed by atoms with E-state index in [2.05, 4.69) is 37.8 Å². The highest BCUT2D eigenvalue weighted by Gasteiger charge is 2.45. The predicted molar refractivity (Wildman–Crippen MR) is 151 cm³/mol. The molecule has 1 fully saturated rings. The van der Waals surface area contributed by atoms with Crippen LogP contribution < -0.4 is 0 Å². The largest absolute Gasteiger partial charge is 0.495 e. The van der Waals surface area contributed by atoms with Crippen LogP contribution in [0, 0.1) is 5.41 Å². The minimum absolute atomic E-state index is 0.168. The van der Waals surface area contributed by atoms with E-state index in [0.29, 0.717) is 35.1 Å². The molecular weight excluding hydrogens is 498 g/mol. The SMILES string of the molecule is CC(C)(C)C1=CC=C(OCC(O)CN2CCCC3(CC2)CSC2=C(O3)c3ccccc3C(=O)C2=O)CCC1. The smallest absolute Gasteiger partial charge is 0.243 e. The number of carbonyl (C=O) groups excluding carboxylic acids is 2. The molecule has 38 heavy (non-hydrogen) atoms. The number of fused-ring (bicyclic) bond motifs is 2. The van der Waals surface area contributed by atoms with Gasteiger partial charge in [0.1, 0.15) is 29.0 Å². The Balaban J connectivity index is 1.17. The van der Waals surface area contributed by atoms with Crippen LogP contribution in [0.1, 0.15) is 75.2 Å².